The van der Waals surface area contributed by atoms with Crippen molar-refractivity contribution in [3.05, 3.63) is 28.3 Å². The maximum atomic E-state index is 10.8. The van der Waals surface area contributed by atoms with Gasteiger partial charge in [0.25, 0.3) is 0 Å². The molecule has 1 unspecified atom stereocenters. The quantitative estimate of drug-likeness (QED) is 0.484. The molecule has 0 fully saturated rings. The lowest BCUT2D eigenvalue weighted by atomic mass is 10.3. The minimum atomic E-state index is -2.32. The Labute approximate surface area is 85.3 Å². The van der Waals surface area contributed by atoms with Gasteiger partial charge in [0.2, 0.25) is 0 Å². The van der Waals surface area contributed by atoms with Gasteiger partial charge in [-0.3, -0.25) is 10.1 Å². The molecule has 1 N–H and O–H groups in total. The van der Waals surface area contributed by atoms with Crippen LogP contribution in [0.1, 0.15) is 0 Å². The van der Waals surface area contributed by atoms with Crippen LogP contribution in [0.2, 0.25) is 0 Å². The van der Waals surface area contributed by atoms with Crippen molar-refractivity contribution in [3.63, 3.8) is 0 Å². The topological polar surface area (TPSA) is 98.9 Å². The molecule has 1 aromatic carbocycles. The van der Waals surface area contributed by atoms with Crippen molar-refractivity contribution < 1.29 is 23.6 Å². The van der Waals surface area contributed by atoms with E-state index in [2.05, 4.69) is 9.05 Å². The van der Waals surface area contributed by atoms with Gasteiger partial charge in [0.05, 0.1) is 12.0 Å². The fourth-order valence-corrected chi connectivity index (χ4v) is 1.20. The first-order valence-electron chi connectivity index (χ1n) is 3.71. The second kappa shape index (κ2) is 4.68. The Bertz CT molecular complexity index is 406. The highest BCUT2D eigenvalue weighted by Crippen LogP contribution is 2.34. The Morgan fingerprint density at radius 2 is 2.20 bits per heavy atom. The van der Waals surface area contributed by atoms with Gasteiger partial charge in [-0.1, -0.05) is 0 Å². The van der Waals surface area contributed by atoms with Gasteiger partial charge in [0.1, 0.15) is 0 Å². The number of nitro groups is 1. The second-order valence-corrected chi connectivity index (χ2v) is 3.40. The predicted molar refractivity (Wildman–Crippen MR) is 50.0 cm³/mol. The highest BCUT2D eigenvalue weighted by molar-refractivity contribution is 7.33. The maximum Gasteiger partial charge on any atom is 0.749 e. The van der Waals surface area contributed by atoms with Crippen molar-refractivity contribution in [2.24, 2.45) is 0 Å². The SMILES string of the molecule is CO[P+](=O)Oc1ccc([N+](=O)[O-])c(O)c1. The third kappa shape index (κ3) is 2.87. The Kier molecular flexibility index (Phi) is 3.54. The fourth-order valence-electron chi connectivity index (χ4n) is 0.838. The van der Waals surface area contributed by atoms with E-state index >= 15 is 0 Å². The third-order valence-corrected chi connectivity index (χ3v) is 2.13. The fraction of sp³-hybridized carbons (Fsp3) is 0.143. The number of phenols is 1. The first-order chi connectivity index (χ1) is 7.04. The first kappa shape index (κ1) is 11.4. The molecule has 0 aliphatic carbocycles. The molecule has 0 aromatic heterocycles. The van der Waals surface area contributed by atoms with E-state index in [0.717, 1.165) is 12.1 Å². The molecule has 0 heterocycles. The third-order valence-electron chi connectivity index (χ3n) is 1.47. The van der Waals surface area contributed by atoms with Crippen molar-refractivity contribution in [1.82, 2.24) is 0 Å². The van der Waals surface area contributed by atoms with Crippen molar-refractivity contribution in [2.75, 3.05) is 7.11 Å². The van der Waals surface area contributed by atoms with Crippen molar-refractivity contribution in [3.8, 4) is 11.5 Å². The summed E-state index contributed by atoms with van der Waals surface area (Å²) in [6, 6.07) is 3.25. The first-order valence-corrected chi connectivity index (χ1v) is 4.81. The van der Waals surface area contributed by atoms with Crippen molar-refractivity contribution in [1.29, 1.82) is 0 Å². The molecule has 0 radical (unpaired) electrons. The van der Waals surface area contributed by atoms with Gasteiger partial charge < -0.3 is 5.11 Å². The molecular weight excluding hydrogens is 225 g/mol. The molecule has 15 heavy (non-hydrogen) atoms. The van der Waals surface area contributed by atoms with Gasteiger partial charge >= 0.3 is 13.9 Å². The highest BCUT2D eigenvalue weighted by Gasteiger charge is 2.21. The maximum absolute atomic E-state index is 10.8. The molecule has 1 rings (SSSR count). The van der Waals surface area contributed by atoms with Crippen LogP contribution in [0, 0.1) is 10.1 Å². The lowest BCUT2D eigenvalue weighted by Gasteiger charge is -1.96. The van der Waals surface area contributed by atoms with Gasteiger partial charge in [-0.15, -0.1) is 4.52 Å². The number of hydrogen-bond acceptors (Lipinski definition) is 6. The lowest BCUT2D eigenvalue weighted by Crippen LogP contribution is -1.89. The molecule has 0 bridgehead atoms. The zero-order valence-corrected chi connectivity index (χ0v) is 8.51. The predicted octanol–water partition coefficient (Wildman–Crippen LogP) is 1.98. The molecule has 1 aromatic rings. The zero-order chi connectivity index (χ0) is 11.4. The van der Waals surface area contributed by atoms with Crippen LogP contribution in [0.4, 0.5) is 5.69 Å². The zero-order valence-electron chi connectivity index (χ0n) is 7.61. The van der Waals surface area contributed by atoms with Gasteiger partial charge in [-0.05, 0) is 6.07 Å². The summed E-state index contributed by atoms with van der Waals surface area (Å²) in [5, 5.41) is 19.5. The molecule has 0 saturated heterocycles. The number of nitrogens with zero attached hydrogens (tertiary/aromatic N) is 1. The molecule has 1 atom stereocenters. The van der Waals surface area contributed by atoms with E-state index in [9.17, 15) is 19.8 Å². The van der Waals surface area contributed by atoms with Crippen molar-refractivity contribution >= 4 is 13.9 Å². The smallest absolute Gasteiger partial charge is 0.502 e. The van der Waals surface area contributed by atoms with E-state index in [-0.39, 0.29) is 5.75 Å². The molecule has 0 saturated carbocycles. The molecule has 80 valence electrons. The number of nitro benzene ring substituents is 1. The van der Waals surface area contributed by atoms with Crippen LogP contribution in [-0.2, 0) is 9.09 Å². The molecular formula is C7H7NO6P+. The van der Waals surface area contributed by atoms with Gasteiger partial charge in [0, 0.05) is 16.7 Å². The lowest BCUT2D eigenvalue weighted by molar-refractivity contribution is -0.385. The van der Waals surface area contributed by atoms with Gasteiger partial charge in [-0.2, -0.15) is 0 Å². The van der Waals surface area contributed by atoms with E-state index in [4.69, 9.17) is 0 Å². The minimum Gasteiger partial charge on any atom is -0.502 e. The van der Waals surface area contributed by atoms with Crippen LogP contribution in [0.25, 0.3) is 0 Å². The summed E-state index contributed by atoms with van der Waals surface area (Å²) >= 11 is 0. The number of hydrogen-bond donors (Lipinski definition) is 1. The van der Waals surface area contributed by atoms with Crippen molar-refractivity contribution in [2.45, 2.75) is 0 Å². The van der Waals surface area contributed by atoms with Crippen LogP contribution < -0.4 is 4.52 Å². The van der Waals surface area contributed by atoms with E-state index in [1.165, 1.54) is 13.2 Å². The summed E-state index contributed by atoms with van der Waals surface area (Å²) in [5.74, 6) is -0.530. The summed E-state index contributed by atoms with van der Waals surface area (Å²) in [5.41, 5.74) is -0.449. The summed E-state index contributed by atoms with van der Waals surface area (Å²) in [6.07, 6.45) is 0. The summed E-state index contributed by atoms with van der Waals surface area (Å²) in [4.78, 5) is 9.59. The molecule has 7 nitrogen and oxygen atoms in total. The Balaban J connectivity index is 2.91. The standard InChI is InChI=1S/C7H6NO6P/c1-13-15(12)14-5-2-3-6(8(10)11)7(9)4-5/h2-4H,1H3/p+1. The summed E-state index contributed by atoms with van der Waals surface area (Å²) in [6.45, 7) is 0. The van der Waals surface area contributed by atoms with Crippen LogP contribution >= 0.6 is 8.25 Å². The normalized spacial score (nSPS) is 10.9. The minimum absolute atomic E-state index is 0.0288. The molecule has 8 heteroatoms. The monoisotopic (exact) mass is 232 g/mol. The molecule has 0 spiro atoms. The van der Waals surface area contributed by atoms with E-state index in [1.54, 1.807) is 0 Å². The molecule has 0 aliphatic heterocycles. The van der Waals surface area contributed by atoms with Gasteiger partial charge in [0.15, 0.2) is 11.5 Å². The van der Waals surface area contributed by atoms with Gasteiger partial charge in [-0.25, -0.2) is 4.52 Å². The number of rotatable bonds is 4. The van der Waals surface area contributed by atoms with Crippen LogP contribution in [0.5, 0.6) is 11.5 Å². The average Bonchev–Trinajstić information content (AvgIpc) is 2.17. The van der Waals surface area contributed by atoms with E-state index < -0.39 is 24.6 Å². The molecule has 0 amide bonds. The van der Waals surface area contributed by atoms with E-state index in [1.807, 2.05) is 0 Å². The second-order valence-electron chi connectivity index (χ2n) is 2.41. The number of aromatic hydroxyl groups is 1. The highest BCUT2D eigenvalue weighted by atomic mass is 31.1. The van der Waals surface area contributed by atoms with E-state index in [0.29, 0.717) is 0 Å². The number of benzene rings is 1. The average molecular weight is 232 g/mol. The molecule has 0 aliphatic rings. The number of phenolic OH excluding ortho intramolecular Hbond substituents is 1. The largest absolute Gasteiger partial charge is 0.749 e. The van der Waals surface area contributed by atoms with Crippen LogP contribution in [-0.4, -0.2) is 17.1 Å². The van der Waals surface area contributed by atoms with Crippen LogP contribution in [0.3, 0.4) is 0 Å². The Morgan fingerprint density at radius 3 is 2.67 bits per heavy atom. The summed E-state index contributed by atoms with van der Waals surface area (Å²) < 4.78 is 19.8. The summed E-state index contributed by atoms with van der Waals surface area (Å²) in [7, 11) is -1.14. The Hall–Kier alpha value is -1.72. The van der Waals surface area contributed by atoms with Crippen LogP contribution in [0.15, 0.2) is 18.2 Å². The Morgan fingerprint density at radius 1 is 1.53 bits per heavy atom.